The lowest BCUT2D eigenvalue weighted by Gasteiger charge is -2.05. The number of pyridine rings is 1. The van der Waals surface area contributed by atoms with Crippen molar-refractivity contribution in [2.75, 3.05) is 6.61 Å². The van der Waals surface area contributed by atoms with Crippen molar-refractivity contribution in [1.29, 1.82) is 0 Å². The molecule has 0 fully saturated rings. The van der Waals surface area contributed by atoms with E-state index in [0.717, 1.165) is 12.0 Å². The van der Waals surface area contributed by atoms with Gasteiger partial charge in [0, 0.05) is 6.20 Å². The fourth-order valence-electron chi connectivity index (χ4n) is 2.06. The molecule has 2 heterocycles. The van der Waals surface area contributed by atoms with Crippen molar-refractivity contribution in [3.05, 3.63) is 54.4 Å². The van der Waals surface area contributed by atoms with Gasteiger partial charge in [-0.15, -0.1) is 0 Å². The number of rotatable bonds is 5. The third kappa shape index (κ3) is 2.58. The number of fused-ring (bicyclic) bond motifs is 1. The van der Waals surface area contributed by atoms with Crippen molar-refractivity contribution in [2.24, 2.45) is 0 Å². The number of carbonyl (C=O) groups excluding carboxylic acids is 1. The topological polar surface area (TPSA) is 52.8 Å². The third-order valence-corrected chi connectivity index (χ3v) is 2.99. The summed E-state index contributed by atoms with van der Waals surface area (Å²) in [6.45, 7) is 2.54. The Labute approximate surface area is 121 Å². The zero-order valence-corrected chi connectivity index (χ0v) is 11.5. The lowest BCUT2D eigenvalue weighted by Crippen LogP contribution is -1.93. The number of ether oxygens (including phenoxy) is 2. The van der Waals surface area contributed by atoms with Gasteiger partial charge in [-0.2, -0.15) is 4.98 Å². The maximum Gasteiger partial charge on any atom is 0.249 e. The van der Waals surface area contributed by atoms with E-state index in [1.54, 1.807) is 22.7 Å². The number of nitrogens with zero attached hydrogens (tertiary/aromatic N) is 2. The van der Waals surface area contributed by atoms with Crippen LogP contribution in [0.25, 0.3) is 5.65 Å². The Morgan fingerprint density at radius 2 is 1.90 bits per heavy atom. The van der Waals surface area contributed by atoms with Crippen LogP contribution < -0.4 is 9.47 Å². The Hall–Kier alpha value is -2.82. The van der Waals surface area contributed by atoms with Crippen LogP contribution in [-0.2, 0) is 0 Å². The molecule has 3 aromatic rings. The molecule has 0 radical (unpaired) electrons. The summed E-state index contributed by atoms with van der Waals surface area (Å²) in [6, 6.07) is 12.7. The number of hydrogen-bond acceptors (Lipinski definition) is 4. The van der Waals surface area contributed by atoms with Crippen LogP contribution in [0.15, 0.2) is 48.7 Å². The van der Waals surface area contributed by atoms with E-state index in [-0.39, 0.29) is 0 Å². The number of imidazole rings is 1. The number of hydrogen-bond donors (Lipinski definition) is 0. The molecule has 2 aromatic heterocycles. The fourth-order valence-corrected chi connectivity index (χ4v) is 2.06. The molecule has 0 aliphatic heterocycles. The first-order valence-corrected chi connectivity index (χ1v) is 6.65. The molecular weight excluding hydrogens is 268 g/mol. The molecular formula is C16H14N2O3. The van der Waals surface area contributed by atoms with Crippen LogP contribution >= 0.6 is 0 Å². The van der Waals surface area contributed by atoms with Crippen LogP contribution in [0.3, 0.4) is 0 Å². The summed E-state index contributed by atoms with van der Waals surface area (Å²) in [5, 5.41) is 0. The van der Waals surface area contributed by atoms with Crippen molar-refractivity contribution in [3.63, 3.8) is 0 Å². The van der Waals surface area contributed by atoms with Crippen molar-refractivity contribution in [3.8, 4) is 17.4 Å². The average Bonchev–Trinajstić information content (AvgIpc) is 2.86. The maximum atomic E-state index is 11.3. The van der Waals surface area contributed by atoms with Gasteiger partial charge in [-0.25, -0.2) is 0 Å². The maximum absolute atomic E-state index is 11.3. The highest BCUT2D eigenvalue weighted by molar-refractivity contribution is 5.78. The van der Waals surface area contributed by atoms with Gasteiger partial charge in [-0.3, -0.25) is 9.20 Å². The molecule has 0 aliphatic rings. The van der Waals surface area contributed by atoms with Gasteiger partial charge in [0.25, 0.3) is 0 Å². The van der Waals surface area contributed by atoms with Crippen LogP contribution in [0.2, 0.25) is 0 Å². The minimum atomic E-state index is 0.292. The Balaban J connectivity index is 1.92. The first-order valence-electron chi connectivity index (χ1n) is 6.65. The summed E-state index contributed by atoms with van der Waals surface area (Å²) < 4.78 is 12.8. The van der Waals surface area contributed by atoms with Crippen LogP contribution in [0.4, 0.5) is 0 Å². The van der Waals surface area contributed by atoms with Gasteiger partial charge in [0.2, 0.25) is 5.88 Å². The molecule has 0 unspecified atom stereocenters. The van der Waals surface area contributed by atoms with Gasteiger partial charge in [0.1, 0.15) is 17.1 Å². The minimum Gasteiger partial charge on any atom is -0.494 e. The van der Waals surface area contributed by atoms with Gasteiger partial charge < -0.3 is 9.47 Å². The van der Waals surface area contributed by atoms with E-state index in [9.17, 15) is 4.79 Å². The predicted octanol–water partition coefficient (Wildman–Crippen LogP) is 3.34. The number of aldehydes is 1. The van der Waals surface area contributed by atoms with Gasteiger partial charge >= 0.3 is 0 Å². The normalized spacial score (nSPS) is 10.5. The van der Waals surface area contributed by atoms with Crippen molar-refractivity contribution >= 4 is 11.9 Å². The van der Waals surface area contributed by atoms with Gasteiger partial charge in [0.15, 0.2) is 12.0 Å². The number of aromatic nitrogens is 2. The molecule has 1 aromatic carbocycles. The molecule has 0 N–H and O–H groups in total. The number of carbonyl (C=O) groups is 1. The quantitative estimate of drug-likeness (QED) is 0.673. The predicted molar refractivity (Wildman–Crippen MR) is 78.3 cm³/mol. The molecule has 21 heavy (non-hydrogen) atoms. The molecule has 0 spiro atoms. The van der Waals surface area contributed by atoms with Crippen LogP contribution in [-0.4, -0.2) is 22.3 Å². The SMILES string of the molecule is CCOc1ccc(Oc2nc3ccccn3c2C=O)cc1. The van der Waals surface area contributed by atoms with Gasteiger partial charge in [-0.05, 0) is 43.3 Å². The molecule has 106 valence electrons. The second kappa shape index (κ2) is 5.66. The standard InChI is InChI=1S/C16H14N2O3/c1-2-20-12-6-8-13(9-7-12)21-16-14(11-19)18-10-4-3-5-15(18)17-16/h3-11H,2H2,1H3. The first-order chi connectivity index (χ1) is 10.3. The summed E-state index contributed by atoms with van der Waals surface area (Å²) >= 11 is 0. The second-order valence-electron chi connectivity index (χ2n) is 4.36. The lowest BCUT2D eigenvalue weighted by atomic mass is 10.3. The van der Waals surface area contributed by atoms with E-state index < -0.39 is 0 Å². The Morgan fingerprint density at radius 1 is 1.14 bits per heavy atom. The molecule has 0 aliphatic carbocycles. The van der Waals surface area contributed by atoms with E-state index in [4.69, 9.17) is 9.47 Å². The van der Waals surface area contributed by atoms with Crippen molar-refractivity contribution in [1.82, 2.24) is 9.38 Å². The third-order valence-electron chi connectivity index (χ3n) is 2.99. The summed E-state index contributed by atoms with van der Waals surface area (Å²) in [5.41, 5.74) is 1.06. The van der Waals surface area contributed by atoms with E-state index in [0.29, 0.717) is 29.6 Å². The van der Waals surface area contributed by atoms with E-state index >= 15 is 0 Å². The smallest absolute Gasteiger partial charge is 0.249 e. The van der Waals surface area contributed by atoms with Crippen LogP contribution in [0.1, 0.15) is 17.4 Å². The van der Waals surface area contributed by atoms with Gasteiger partial charge in [0.05, 0.1) is 6.61 Å². The highest BCUT2D eigenvalue weighted by Crippen LogP contribution is 2.26. The van der Waals surface area contributed by atoms with E-state index in [2.05, 4.69) is 4.98 Å². The molecule has 0 amide bonds. The molecule has 3 rings (SSSR count). The van der Waals surface area contributed by atoms with Crippen LogP contribution in [0.5, 0.6) is 17.4 Å². The van der Waals surface area contributed by atoms with Crippen molar-refractivity contribution in [2.45, 2.75) is 6.92 Å². The Kier molecular flexibility index (Phi) is 3.55. The zero-order chi connectivity index (χ0) is 14.7. The largest absolute Gasteiger partial charge is 0.494 e. The molecule has 0 bridgehead atoms. The molecule has 0 saturated carbocycles. The minimum absolute atomic E-state index is 0.292. The summed E-state index contributed by atoms with van der Waals surface area (Å²) in [5.74, 6) is 1.67. The summed E-state index contributed by atoms with van der Waals surface area (Å²) in [4.78, 5) is 15.6. The van der Waals surface area contributed by atoms with Crippen molar-refractivity contribution < 1.29 is 14.3 Å². The lowest BCUT2D eigenvalue weighted by molar-refractivity contribution is 0.111. The first kappa shape index (κ1) is 13.2. The Morgan fingerprint density at radius 3 is 2.62 bits per heavy atom. The summed E-state index contributed by atoms with van der Waals surface area (Å²) in [7, 11) is 0. The molecule has 5 heteroatoms. The fraction of sp³-hybridized carbons (Fsp3) is 0.125. The zero-order valence-electron chi connectivity index (χ0n) is 11.5. The average molecular weight is 282 g/mol. The molecule has 0 saturated heterocycles. The summed E-state index contributed by atoms with van der Waals surface area (Å²) in [6.07, 6.45) is 2.51. The monoisotopic (exact) mass is 282 g/mol. The Bertz CT molecular complexity index is 763. The van der Waals surface area contributed by atoms with Crippen LogP contribution in [0, 0.1) is 0 Å². The highest BCUT2D eigenvalue weighted by Gasteiger charge is 2.13. The molecule has 0 atom stereocenters. The van der Waals surface area contributed by atoms with Gasteiger partial charge in [-0.1, -0.05) is 6.07 Å². The van der Waals surface area contributed by atoms with E-state index in [1.165, 1.54) is 0 Å². The molecule has 5 nitrogen and oxygen atoms in total. The highest BCUT2D eigenvalue weighted by atomic mass is 16.5. The second-order valence-corrected chi connectivity index (χ2v) is 4.36. The number of benzene rings is 1. The van der Waals surface area contributed by atoms with E-state index in [1.807, 2.05) is 37.3 Å².